The molecule has 0 spiro atoms. The van der Waals surface area contributed by atoms with Crippen LogP contribution in [0.25, 0.3) is 0 Å². The van der Waals surface area contributed by atoms with Crippen LogP contribution >= 0.6 is 0 Å². The molecule has 2 rings (SSSR count). The molecule has 1 saturated heterocycles. The van der Waals surface area contributed by atoms with Crippen LogP contribution in [0.1, 0.15) is 64.2 Å². The summed E-state index contributed by atoms with van der Waals surface area (Å²) >= 11 is 0. The van der Waals surface area contributed by atoms with Crippen molar-refractivity contribution in [3.8, 4) is 0 Å². The Bertz CT molecular complexity index is 357. The van der Waals surface area contributed by atoms with Gasteiger partial charge in [0.05, 0.1) is 0 Å². The van der Waals surface area contributed by atoms with E-state index in [1.807, 2.05) is 0 Å². The van der Waals surface area contributed by atoms with Gasteiger partial charge in [0, 0.05) is 31.8 Å². The van der Waals surface area contributed by atoms with E-state index in [2.05, 4.69) is 5.32 Å². The fourth-order valence-corrected chi connectivity index (χ4v) is 2.99. The highest BCUT2D eigenvalue weighted by Crippen LogP contribution is 2.17. The maximum atomic E-state index is 11.9. The van der Waals surface area contributed by atoms with Crippen molar-refractivity contribution in [1.29, 1.82) is 0 Å². The Hall–Kier alpha value is -1.39. The molecule has 5 heteroatoms. The standard InChI is InChI=1S/C15H24N2O3/c18-13(10-11-17-14(19)8-9-15(17)20)16-12-6-4-2-1-3-5-7-12/h12H,1-11H2,(H,16,18). The van der Waals surface area contributed by atoms with Crippen molar-refractivity contribution in [2.45, 2.75) is 70.3 Å². The van der Waals surface area contributed by atoms with Crippen LogP contribution < -0.4 is 5.32 Å². The lowest BCUT2D eigenvalue weighted by Gasteiger charge is -2.21. The molecule has 1 heterocycles. The van der Waals surface area contributed by atoms with E-state index in [1.165, 1.54) is 37.0 Å². The van der Waals surface area contributed by atoms with Gasteiger partial charge in [0.25, 0.3) is 0 Å². The average Bonchev–Trinajstić information content (AvgIpc) is 2.70. The molecule has 1 N–H and O–H groups in total. The Labute approximate surface area is 120 Å². The van der Waals surface area contributed by atoms with Gasteiger partial charge in [-0.25, -0.2) is 0 Å². The number of carbonyl (C=O) groups excluding carboxylic acids is 3. The summed E-state index contributed by atoms with van der Waals surface area (Å²) < 4.78 is 0. The fraction of sp³-hybridized carbons (Fsp3) is 0.800. The lowest BCUT2D eigenvalue weighted by molar-refractivity contribution is -0.138. The quantitative estimate of drug-likeness (QED) is 0.798. The zero-order valence-electron chi connectivity index (χ0n) is 12.0. The predicted molar refractivity (Wildman–Crippen MR) is 74.8 cm³/mol. The summed E-state index contributed by atoms with van der Waals surface area (Å²) in [5, 5.41) is 3.05. The average molecular weight is 280 g/mol. The molecule has 1 saturated carbocycles. The zero-order valence-corrected chi connectivity index (χ0v) is 12.0. The molecule has 1 aliphatic carbocycles. The first-order chi connectivity index (χ1) is 9.66. The maximum Gasteiger partial charge on any atom is 0.229 e. The van der Waals surface area contributed by atoms with Gasteiger partial charge in [-0.1, -0.05) is 32.1 Å². The van der Waals surface area contributed by atoms with E-state index in [1.54, 1.807) is 0 Å². The molecule has 0 aromatic carbocycles. The number of rotatable bonds is 4. The number of amides is 3. The van der Waals surface area contributed by atoms with E-state index < -0.39 is 0 Å². The van der Waals surface area contributed by atoms with E-state index >= 15 is 0 Å². The molecule has 112 valence electrons. The van der Waals surface area contributed by atoms with Gasteiger partial charge in [-0.3, -0.25) is 19.3 Å². The van der Waals surface area contributed by atoms with Crippen molar-refractivity contribution in [3.05, 3.63) is 0 Å². The smallest absolute Gasteiger partial charge is 0.229 e. The minimum Gasteiger partial charge on any atom is -0.353 e. The normalized spacial score (nSPS) is 21.7. The monoisotopic (exact) mass is 280 g/mol. The summed E-state index contributed by atoms with van der Waals surface area (Å²) in [5.41, 5.74) is 0. The van der Waals surface area contributed by atoms with Gasteiger partial charge in [-0.15, -0.1) is 0 Å². The number of carbonyl (C=O) groups is 3. The summed E-state index contributed by atoms with van der Waals surface area (Å²) in [6, 6.07) is 0.271. The van der Waals surface area contributed by atoms with Crippen LogP contribution in [-0.2, 0) is 14.4 Å². The van der Waals surface area contributed by atoms with Crippen LogP contribution in [0.4, 0.5) is 0 Å². The highest BCUT2D eigenvalue weighted by molar-refractivity contribution is 6.02. The molecule has 20 heavy (non-hydrogen) atoms. The Morgan fingerprint density at radius 3 is 2.15 bits per heavy atom. The SMILES string of the molecule is O=C(CCN1C(=O)CCC1=O)NC1CCCCCCC1. The molecule has 3 amide bonds. The van der Waals surface area contributed by atoms with Crippen LogP contribution in [0, 0.1) is 0 Å². The Balaban J connectivity index is 1.71. The number of nitrogens with zero attached hydrogens (tertiary/aromatic N) is 1. The zero-order chi connectivity index (χ0) is 14.4. The number of imide groups is 1. The molecular weight excluding hydrogens is 256 g/mol. The first-order valence-corrected chi connectivity index (χ1v) is 7.79. The minimum atomic E-state index is -0.145. The number of hydrogen-bond acceptors (Lipinski definition) is 3. The highest BCUT2D eigenvalue weighted by atomic mass is 16.2. The number of hydrogen-bond donors (Lipinski definition) is 1. The first-order valence-electron chi connectivity index (χ1n) is 7.79. The molecule has 0 radical (unpaired) electrons. The van der Waals surface area contributed by atoms with E-state index in [4.69, 9.17) is 0 Å². The Morgan fingerprint density at radius 1 is 1.00 bits per heavy atom. The molecule has 1 aliphatic heterocycles. The molecule has 2 aliphatic rings. The molecule has 0 aromatic rings. The van der Waals surface area contributed by atoms with Gasteiger partial charge < -0.3 is 5.32 Å². The third kappa shape index (κ3) is 4.32. The van der Waals surface area contributed by atoms with Crippen molar-refractivity contribution >= 4 is 17.7 Å². The largest absolute Gasteiger partial charge is 0.353 e. The molecular formula is C15H24N2O3. The molecule has 2 fully saturated rings. The van der Waals surface area contributed by atoms with Gasteiger partial charge >= 0.3 is 0 Å². The van der Waals surface area contributed by atoms with Crippen LogP contribution in [-0.4, -0.2) is 35.2 Å². The van der Waals surface area contributed by atoms with E-state index in [0.717, 1.165) is 12.8 Å². The predicted octanol–water partition coefficient (Wildman–Crippen LogP) is 1.75. The maximum absolute atomic E-state index is 11.9. The van der Waals surface area contributed by atoms with Gasteiger partial charge in [-0.05, 0) is 12.8 Å². The Kier molecular flexibility index (Phi) is 5.56. The van der Waals surface area contributed by atoms with Gasteiger partial charge in [-0.2, -0.15) is 0 Å². The summed E-state index contributed by atoms with van der Waals surface area (Å²) in [5.74, 6) is -0.328. The van der Waals surface area contributed by atoms with Crippen LogP contribution in [0.2, 0.25) is 0 Å². The van der Waals surface area contributed by atoms with Crippen LogP contribution in [0.3, 0.4) is 0 Å². The van der Waals surface area contributed by atoms with E-state index in [-0.39, 0.29) is 36.7 Å². The van der Waals surface area contributed by atoms with Gasteiger partial charge in [0.15, 0.2) is 0 Å². The van der Waals surface area contributed by atoms with Crippen LogP contribution in [0.5, 0.6) is 0 Å². The summed E-state index contributed by atoms with van der Waals surface area (Å²) in [7, 11) is 0. The van der Waals surface area contributed by atoms with Crippen molar-refractivity contribution in [3.63, 3.8) is 0 Å². The summed E-state index contributed by atoms with van der Waals surface area (Å²) in [4.78, 5) is 36.0. The second-order valence-corrected chi connectivity index (χ2v) is 5.80. The molecule has 0 unspecified atom stereocenters. The Morgan fingerprint density at radius 2 is 1.55 bits per heavy atom. The second-order valence-electron chi connectivity index (χ2n) is 5.80. The van der Waals surface area contributed by atoms with Crippen LogP contribution in [0.15, 0.2) is 0 Å². The first kappa shape index (κ1) is 15.0. The highest BCUT2D eigenvalue weighted by Gasteiger charge is 2.28. The number of likely N-dealkylation sites (tertiary alicyclic amines) is 1. The summed E-state index contributed by atoms with van der Waals surface area (Å²) in [6.45, 7) is 0.232. The fourth-order valence-electron chi connectivity index (χ4n) is 2.99. The van der Waals surface area contributed by atoms with E-state index in [0.29, 0.717) is 12.8 Å². The molecule has 0 bridgehead atoms. The van der Waals surface area contributed by atoms with E-state index in [9.17, 15) is 14.4 Å². The number of nitrogens with one attached hydrogen (secondary N) is 1. The second kappa shape index (κ2) is 7.41. The van der Waals surface area contributed by atoms with Crippen molar-refractivity contribution in [2.75, 3.05) is 6.54 Å². The van der Waals surface area contributed by atoms with Crippen molar-refractivity contribution in [1.82, 2.24) is 10.2 Å². The molecule has 0 atom stereocenters. The lowest BCUT2D eigenvalue weighted by atomic mass is 9.96. The third-order valence-corrected chi connectivity index (χ3v) is 4.19. The lowest BCUT2D eigenvalue weighted by Crippen LogP contribution is -2.38. The summed E-state index contributed by atoms with van der Waals surface area (Å²) in [6.07, 6.45) is 9.08. The van der Waals surface area contributed by atoms with Gasteiger partial charge in [0.1, 0.15) is 0 Å². The molecule has 5 nitrogen and oxygen atoms in total. The third-order valence-electron chi connectivity index (χ3n) is 4.19. The van der Waals surface area contributed by atoms with Crippen molar-refractivity contribution < 1.29 is 14.4 Å². The minimum absolute atomic E-state index is 0.0388. The van der Waals surface area contributed by atoms with Gasteiger partial charge in [0.2, 0.25) is 17.7 Å². The topological polar surface area (TPSA) is 66.5 Å². The van der Waals surface area contributed by atoms with Crippen molar-refractivity contribution in [2.24, 2.45) is 0 Å². The molecule has 0 aromatic heterocycles.